The van der Waals surface area contributed by atoms with E-state index in [1.807, 2.05) is 0 Å². The van der Waals surface area contributed by atoms with Crippen LogP contribution in [0.1, 0.15) is 20.8 Å². The summed E-state index contributed by atoms with van der Waals surface area (Å²) in [4.78, 5) is 0. The molecule has 0 aromatic rings. The van der Waals surface area contributed by atoms with Gasteiger partial charge in [-0.1, -0.05) is 20.8 Å². The molecule has 0 aliphatic rings. The molecule has 0 rings (SSSR count). The molecule has 0 saturated carbocycles. The van der Waals surface area contributed by atoms with Gasteiger partial charge in [0.2, 0.25) is 0 Å². The number of nitrogens with one attached hydrogen (secondary N) is 1. The van der Waals surface area contributed by atoms with Crippen molar-refractivity contribution in [3.05, 3.63) is 0 Å². The summed E-state index contributed by atoms with van der Waals surface area (Å²) in [5.74, 6) is 0.580. The van der Waals surface area contributed by atoms with Gasteiger partial charge in [0.15, 0.2) is 0 Å². The maximum absolute atomic E-state index is 5.65. The van der Waals surface area contributed by atoms with Crippen LogP contribution in [0.4, 0.5) is 0 Å². The van der Waals surface area contributed by atoms with Gasteiger partial charge < -0.3 is 19.5 Å². The van der Waals surface area contributed by atoms with E-state index < -0.39 is 0 Å². The third kappa shape index (κ3) is 10.4. The van der Waals surface area contributed by atoms with E-state index in [-0.39, 0.29) is 6.10 Å². The minimum Gasteiger partial charge on any atom is -0.382 e. The molecule has 4 heteroatoms. The summed E-state index contributed by atoms with van der Waals surface area (Å²) in [5, 5.41) is 3.25. The van der Waals surface area contributed by atoms with Crippen molar-refractivity contribution in [3.8, 4) is 0 Å². The van der Waals surface area contributed by atoms with Crippen molar-refractivity contribution in [3.63, 3.8) is 0 Å². The van der Waals surface area contributed by atoms with Gasteiger partial charge in [-0.15, -0.1) is 0 Å². The molecule has 0 saturated heterocycles. The van der Waals surface area contributed by atoms with Crippen molar-refractivity contribution in [2.45, 2.75) is 26.9 Å². The molecule has 0 spiro atoms. The number of hydrogen-bond donors (Lipinski definition) is 1. The Labute approximate surface area is 99.6 Å². The highest BCUT2D eigenvalue weighted by atomic mass is 16.5. The lowest BCUT2D eigenvalue weighted by Gasteiger charge is -2.17. The number of ether oxygens (including phenoxy) is 3. The zero-order chi connectivity index (χ0) is 12.2. The molecule has 0 heterocycles. The maximum atomic E-state index is 5.65. The Balaban J connectivity index is 3.43. The standard InChI is InChI=1S/C12H27NO3/c1-5-13-8-12(10-14-4)16-7-6-15-9-11(2)3/h11-13H,5-10H2,1-4H3. The summed E-state index contributed by atoms with van der Waals surface area (Å²) < 4.78 is 16.2. The molecule has 16 heavy (non-hydrogen) atoms. The van der Waals surface area contributed by atoms with Crippen LogP contribution in [-0.4, -0.2) is 52.7 Å². The van der Waals surface area contributed by atoms with E-state index in [4.69, 9.17) is 14.2 Å². The van der Waals surface area contributed by atoms with Crippen LogP contribution in [0.15, 0.2) is 0 Å². The van der Waals surface area contributed by atoms with Crippen LogP contribution in [0.5, 0.6) is 0 Å². The van der Waals surface area contributed by atoms with Crippen LogP contribution in [0.3, 0.4) is 0 Å². The summed E-state index contributed by atoms with van der Waals surface area (Å²) in [7, 11) is 1.69. The van der Waals surface area contributed by atoms with Gasteiger partial charge in [-0.25, -0.2) is 0 Å². The first-order chi connectivity index (χ1) is 7.70. The minimum atomic E-state index is 0.118. The predicted octanol–water partition coefficient (Wildman–Crippen LogP) is 1.30. The highest BCUT2D eigenvalue weighted by molar-refractivity contribution is 4.59. The van der Waals surface area contributed by atoms with Gasteiger partial charge in [-0.05, 0) is 12.5 Å². The van der Waals surface area contributed by atoms with Gasteiger partial charge in [-0.3, -0.25) is 0 Å². The number of likely N-dealkylation sites (N-methyl/N-ethyl adjacent to an activating group) is 1. The van der Waals surface area contributed by atoms with Crippen LogP contribution in [-0.2, 0) is 14.2 Å². The fourth-order valence-electron chi connectivity index (χ4n) is 1.25. The quantitative estimate of drug-likeness (QED) is 0.546. The summed E-state index contributed by atoms with van der Waals surface area (Å²) in [6, 6.07) is 0. The van der Waals surface area contributed by atoms with Gasteiger partial charge in [0.25, 0.3) is 0 Å². The van der Waals surface area contributed by atoms with Crippen molar-refractivity contribution in [1.82, 2.24) is 5.32 Å². The first kappa shape index (κ1) is 15.8. The predicted molar refractivity (Wildman–Crippen MR) is 65.8 cm³/mol. The van der Waals surface area contributed by atoms with Crippen LogP contribution in [0.25, 0.3) is 0 Å². The monoisotopic (exact) mass is 233 g/mol. The second-order valence-corrected chi connectivity index (χ2v) is 4.22. The van der Waals surface area contributed by atoms with Crippen LogP contribution < -0.4 is 5.32 Å². The average Bonchev–Trinajstić information content (AvgIpc) is 2.24. The topological polar surface area (TPSA) is 39.7 Å². The zero-order valence-electron chi connectivity index (χ0n) is 11.1. The first-order valence-corrected chi connectivity index (χ1v) is 6.09. The lowest BCUT2D eigenvalue weighted by molar-refractivity contribution is -0.0300. The van der Waals surface area contributed by atoms with E-state index in [1.54, 1.807) is 7.11 Å². The number of methoxy groups -OCH3 is 1. The van der Waals surface area contributed by atoms with E-state index in [0.29, 0.717) is 25.7 Å². The maximum Gasteiger partial charge on any atom is 0.0933 e. The third-order valence-corrected chi connectivity index (χ3v) is 2.01. The number of hydrogen-bond acceptors (Lipinski definition) is 4. The fraction of sp³-hybridized carbons (Fsp3) is 1.00. The van der Waals surface area contributed by atoms with Crippen molar-refractivity contribution in [1.29, 1.82) is 0 Å². The van der Waals surface area contributed by atoms with Crippen molar-refractivity contribution in [2.24, 2.45) is 5.92 Å². The molecule has 4 nitrogen and oxygen atoms in total. The lowest BCUT2D eigenvalue weighted by atomic mass is 10.2. The molecule has 0 aromatic heterocycles. The molecule has 0 amide bonds. The van der Waals surface area contributed by atoms with Crippen molar-refractivity contribution in [2.75, 3.05) is 46.6 Å². The van der Waals surface area contributed by atoms with E-state index in [2.05, 4.69) is 26.1 Å². The molecule has 0 aromatic carbocycles. The van der Waals surface area contributed by atoms with Gasteiger partial charge in [-0.2, -0.15) is 0 Å². The van der Waals surface area contributed by atoms with E-state index in [9.17, 15) is 0 Å². The van der Waals surface area contributed by atoms with Crippen LogP contribution in [0.2, 0.25) is 0 Å². The summed E-state index contributed by atoms with van der Waals surface area (Å²) in [5.41, 5.74) is 0. The molecule has 0 fully saturated rings. The average molecular weight is 233 g/mol. The highest BCUT2D eigenvalue weighted by Crippen LogP contribution is 1.95. The Hall–Kier alpha value is -0.160. The van der Waals surface area contributed by atoms with Crippen molar-refractivity contribution >= 4 is 0 Å². The summed E-state index contributed by atoms with van der Waals surface area (Å²) in [6.07, 6.45) is 0.118. The second-order valence-electron chi connectivity index (χ2n) is 4.22. The van der Waals surface area contributed by atoms with Gasteiger partial charge >= 0.3 is 0 Å². The number of rotatable bonds is 11. The smallest absolute Gasteiger partial charge is 0.0933 e. The molecule has 1 atom stereocenters. The third-order valence-electron chi connectivity index (χ3n) is 2.01. The van der Waals surface area contributed by atoms with Crippen LogP contribution in [0, 0.1) is 5.92 Å². The molecular weight excluding hydrogens is 206 g/mol. The molecule has 1 N–H and O–H groups in total. The van der Waals surface area contributed by atoms with Crippen molar-refractivity contribution < 1.29 is 14.2 Å². The molecule has 0 aliphatic heterocycles. The molecule has 1 unspecified atom stereocenters. The lowest BCUT2D eigenvalue weighted by Crippen LogP contribution is -2.33. The Morgan fingerprint density at radius 2 is 1.88 bits per heavy atom. The van der Waals surface area contributed by atoms with Gasteiger partial charge in [0.1, 0.15) is 0 Å². The molecule has 98 valence electrons. The highest BCUT2D eigenvalue weighted by Gasteiger charge is 2.07. The summed E-state index contributed by atoms with van der Waals surface area (Å²) in [6.45, 7) is 10.8. The second kappa shape index (κ2) is 11.3. The minimum absolute atomic E-state index is 0.118. The van der Waals surface area contributed by atoms with E-state index in [1.165, 1.54) is 0 Å². The Morgan fingerprint density at radius 1 is 1.12 bits per heavy atom. The zero-order valence-corrected chi connectivity index (χ0v) is 11.1. The van der Waals surface area contributed by atoms with E-state index >= 15 is 0 Å². The van der Waals surface area contributed by atoms with Crippen LogP contribution >= 0.6 is 0 Å². The SMILES string of the molecule is CCNCC(COC)OCCOCC(C)C. The summed E-state index contributed by atoms with van der Waals surface area (Å²) >= 11 is 0. The van der Waals surface area contributed by atoms with E-state index in [0.717, 1.165) is 19.7 Å². The Kier molecular flexibility index (Phi) is 11.2. The first-order valence-electron chi connectivity index (χ1n) is 6.09. The van der Waals surface area contributed by atoms with Gasteiger partial charge in [0.05, 0.1) is 25.9 Å². The molecule has 0 bridgehead atoms. The normalized spacial score (nSPS) is 13.3. The van der Waals surface area contributed by atoms with Gasteiger partial charge in [0, 0.05) is 20.3 Å². The Bertz CT molecular complexity index is 142. The fourth-order valence-corrected chi connectivity index (χ4v) is 1.25. The molecule has 0 aliphatic carbocycles. The Morgan fingerprint density at radius 3 is 2.44 bits per heavy atom. The molecular formula is C12H27NO3. The largest absolute Gasteiger partial charge is 0.382 e. The molecule has 0 radical (unpaired) electrons.